The summed E-state index contributed by atoms with van der Waals surface area (Å²) in [6.45, 7) is 6.17. The summed E-state index contributed by atoms with van der Waals surface area (Å²) in [4.78, 5) is 15.1. The molecule has 3 aromatic rings. The smallest absolute Gasteiger partial charge is 0.271 e. The molecule has 28 heavy (non-hydrogen) atoms. The molecule has 0 saturated heterocycles. The molecule has 1 aromatic heterocycles. The van der Waals surface area contributed by atoms with Crippen LogP contribution >= 0.6 is 22.6 Å². The second-order valence-electron chi connectivity index (χ2n) is 6.47. The Morgan fingerprint density at radius 1 is 1.14 bits per heavy atom. The molecule has 0 aliphatic carbocycles. The third-order valence-electron chi connectivity index (χ3n) is 4.59. The number of rotatable bonds is 5. The largest absolute Gasteiger partial charge is 0.494 e. The van der Waals surface area contributed by atoms with E-state index < -0.39 is 4.92 Å². The average molecular weight is 489 g/mol. The number of non-ortho nitro benzene ring substituents is 1. The van der Waals surface area contributed by atoms with E-state index in [1.165, 1.54) is 28.4 Å². The van der Waals surface area contributed by atoms with E-state index in [0.717, 1.165) is 22.6 Å². The number of nitro benzene ring substituents is 1. The zero-order valence-corrected chi connectivity index (χ0v) is 18.2. The molecule has 0 amide bonds. The zero-order valence-electron chi connectivity index (χ0n) is 16.1. The Bertz CT molecular complexity index is 1090. The molecular weight excluding hydrogens is 469 g/mol. The lowest BCUT2D eigenvalue weighted by Crippen LogP contribution is -2.00. The van der Waals surface area contributed by atoms with Gasteiger partial charge in [-0.15, -0.1) is 0 Å². The molecule has 0 bridgehead atoms. The molecule has 144 valence electrons. The van der Waals surface area contributed by atoms with Crippen molar-refractivity contribution in [1.29, 1.82) is 0 Å². The summed E-state index contributed by atoms with van der Waals surface area (Å²) in [6, 6.07) is 12.8. The van der Waals surface area contributed by atoms with E-state index in [2.05, 4.69) is 63.3 Å². The van der Waals surface area contributed by atoms with E-state index in [1.54, 1.807) is 12.3 Å². The first-order chi connectivity index (χ1) is 13.3. The molecule has 0 atom stereocenters. The van der Waals surface area contributed by atoms with Gasteiger partial charge in [0.25, 0.3) is 5.69 Å². The predicted octanol–water partition coefficient (Wildman–Crippen LogP) is 5.67. The number of aliphatic imine (C=N–C) groups is 1. The zero-order chi connectivity index (χ0) is 20.4. The Labute approximate surface area is 177 Å². The standard InChI is InChI=1S/C21H20IN3O3/c1-13-9-17(5-7-19(13)22)24-14(2)10-16(15(24)3)12-23-20-11-18(25(26)27)6-8-21(20)28-4/h5-12H,1-4H3. The summed E-state index contributed by atoms with van der Waals surface area (Å²) >= 11 is 2.33. The molecule has 0 unspecified atom stereocenters. The summed E-state index contributed by atoms with van der Waals surface area (Å²) in [7, 11) is 1.52. The average Bonchev–Trinajstić information content (AvgIpc) is 2.95. The number of aryl methyl sites for hydroxylation is 2. The highest BCUT2D eigenvalue weighted by atomic mass is 127. The van der Waals surface area contributed by atoms with E-state index >= 15 is 0 Å². The first-order valence-corrected chi connectivity index (χ1v) is 9.71. The summed E-state index contributed by atoms with van der Waals surface area (Å²) in [5.41, 5.74) is 5.81. The van der Waals surface area contributed by atoms with Gasteiger partial charge in [-0.1, -0.05) is 0 Å². The number of ether oxygens (including phenoxy) is 1. The highest BCUT2D eigenvalue weighted by Crippen LogP contribution is 2.31. The Hall–Kier alpha value is -2.68. The second-order valence-corrected chi connectivity index (χ2v) is 7.63. The Balaban J connectivity index is 2.01. The molecule has 0 saturated carbocycles. The third kappa shape index (κ3) is 3.94. The van der Waals surface area contributed by atoms with Gasteiger partial charge in [0.15, 0.2) is 0 Å². The van der Waals surface area contributed by atoms with Gasteiger partial charge in [0.2, 0.25) is 0 Å². The normalized spacial score (nSPS) is 11.2. The van der Waals surface area contributed by atoms with Crippen molar-refractivity contribution in [2.75, 3.05) is 7.11 Å². The van der Waals surface area contributed by atoms with Gasteiger partial charge < -0.3 is 9.30 Å². The van der Waals surface area contributed by atoms with Crippen LogP contribution in [0.5, 0.6) is 5.75 Å². The number of nitrogens with zero attached hydrogens (tertiary/aromatic N) is 3. The summed E-state index contributed by atoms with van der Waals surface area (Å²) in [5, 5.41) is 11.0. The molecular formula is C21H20IN3O3. The molecule has 0 N–H and O–H groups in total. The van der Waals surface area contributed by atoms with Crippen LogP contribution in [0.1, 0.15) is 22.5 Å². The van der Waals surface area contributed by atoms with Gasteiger partial charge in [-0.05, 0) is 79.3 Å². The van der Waals surface area contributed by atoms with E-state index in [-0.39, 0.29) is 5.69 Å². The fraction of sp³-hybridized carbons (Fsp3) is 0.190. The second kappa shape index (κ2) is 8.14. The maximum atomic E-state index is 11.0. The van der Waals surface area contributed by atoms with Crippen LogP contribution in [0, 0.1) is 34.5 Å². The minimum Gasteiger partial charge on any atom is -0.494 e. The van der Waals surface area contributed by atoms with Gasteiger partial charge in [0.1, 0.15) is 11.4 Å². The number of hydrogen-bond acceptors (Lipinski definition) is 4. The predicted molar refractivity (Wildman–Crippen MR) is 120 cm³/mol. The first kappa shape index (κ1) is 20.1. The van der Waals surface area contributed by atoms with Gasteiger partial charge in [0, 0.05) is 44.6 Å². The van der Waals surface area contributed by atoms with E-state index in [1.807, 2.05) is 13.8 Å². The Morgan fingerprint density at radius 2 is 1.89 bits per heavy atom. The molecule has 0 aliphatic heterocycles. The highest BCUT2D eigenvalue weighted by Gasteiger charge is 2.13. The van der Waals surface area contributed by atoms with E-state index in [9.17, 15) is 10.1 Å². The third-order valence-corrected chi connectivity index (χ3v) is 5.80. The number of nitro groups is 1. The summed E-state index contributed by atoms with van der Waals surface area (Å²) in [6.07, 6.45) is 1.72. The monoisotopic (exact) mass is 489 g/mol. The molecule has 3 rings (SSSR count). The molecule has 0 spiro atoms. The topological polar surface area (TPSA) is 69.7 Å². The van der Waals surface area contributed by atoms with Gasteiger partial charge in [-0.2, -0.15) is 0 Å². The van der Waals surface area contributed by atoms with Gasteiger partial charge >= 0.3 is 0 Å². The van der Waals surface area contributed by atoms with Crippen molar-refractivity contribution >= 4 is 40.2 Å². The van der Waals surface area contributed by atoms with Crippen molar-refractivity contribution in [2.45, 2.75) is 20.8 Å². The van der Waals surface area contributed by atoms with Crippen LogP contribution in [0.2, 0.25) is 0 Å². The summed E-state index contributed by atoms with van der Waals surface area (Å²) < 4.78 is 8.68. The fourth-order valence-electron chi connectivity index (χ4n) is 3.12. The SMILES string of the molecule is COc1ccc([N+](=O)[O-])cc1N=Cc1cc(C)n(-c2ccc(I)c(C)c2)c1C. The van der Waals surface area contributed by atoms with Crippen LogP contribution in [0.4, 0.5) is 11.4 Å². The molecule has 0 aliphatic rings. The molecule has 6 nitrogen and oxygen atoms in total. The number of halogens is 1. The molecule has 0 radical (unpaired) electrons. The Kier molecular flexibility index (Phi) is 5.83. The van der Waals surface area contributed by atoms with E-state index in [4.69, 9.17) is 4.74 Å². The maximum Gasteiger partial charge on any atom is 0.271 e. The first-order valence-electron chi connectivity index (χ1n) is 8.63. The van der Waals surface area contributed by atoms with Crippen LogP contribution < -0.4 is 4.74 Å². The minimum atomic E-state index is -0.441. The quantitative estimate of drug-likeness (QED) is 0.201. The van der Waals surface area contributed by atoms with Gasteiger partial charge in [-0.25, -0.2) is 0 Å². The van der Waals surface area contributed by atoms with Gasteiger partial charge in [-0.3, -0.25) is 15.1 Å². The highest BCUT2D eigenvalue weighted by molar-refractivity contribution is 14.1. The van der Waals surface area contributed by atoms with Crippen molar-refractivity contribution in [3.8, 4) is 11.4 Å². The van der Waals surface area contributed by atoms with Crippen LogP contribution in [-0.4, -0.2) is 22.8 Å². The van der Waals surface area contributed by atoms with Crippen molar-refractivity contribution in [2.24, 2.45) is 4.99 Å². The van der Waals surface area contributed by atoms with Crippen molar-refractivity contribution < 1.29 is 9.66 Å². The van der Waals surface area contributed by atoms with Gasteiger partial charge in [0.05, 0.1) is 12.0 Å². The van der Waals surface area contributed by atoms with Crippen LogP contribution in [0.15, 0.2) is 47.5 Å². The van der Waals surface area contributed by atoms with Crippen molar-refractivity contribution in [1.82, 2.24) is 4.57 Å². The van der Waals surface area contributed by atoms with Crippen molar-refractivity contribution in [3.05, 3.63) is 78.7 Å². The number of benzene rings is 2. The maximum absolute atomic E-state index is 11.0. The molecule has 2 aromatic carbocycles. The Morgan fingerprint density at radius 3 is 2.54 bits per heavy atom. The number of aromatic nitrogens is 1. The minimum absolute atomic E-state index is 0.0206. The van der Waals surface area contributed by atoms with E-state index in [0.29, 0.717) is 11.4 Å². The fourth-order valence-corrected chi connectivity index (χ4v) is 3.45. The number of methoxy groups -OCH3 is 1. The lowest BCUT2D eigenvalue weighted by atomic mass is 10.2. The lowest BCUT2D eigenvalue weighted by molar-refractivity contribution is -0.384. The van der Waals surface area contributed by atoms with Crippen LogP contribution in [0.25, 0.3) is 5.69 Å². The lowest BCUT2D eigenvalue weighted by Gasteiger charge is -2.11. The molecule has 7 heteroatoms. The van der Waals surface area contributed by atoms with Crippen molar-refractivity contribution in [3.63, 3.8) is 0 Å². The van der Waals surface area contributed by atoms with Crippen LogP contribution in [-0.2, 0) is 0 Å². The number of hydrogen-bond donors (Lipinski definition) is 0. The molecule has 1 heterocycles. The summed E-state index contributed by atoms with van der Waals surface area (Å²) in [5.74, 6) is 0.490. The molecule has 0 fully saturated rings. The van der Waals surface area contributed by atoms with Crippen LogP contribution in [0.3, 0.4) is 0 Å².